The smallest absolute Gasteiger partial charge is 0.289 e. The van der Waals surface area contributed by atoms with Crippen molar-refractivity contribution in [2.45, 2.75) is 152 Å². The van der Waals surface area contributed by atoms with E-state index in [1.165, 1.54) is 31.1 Å². The van der Waals surface area contributed by atoms with E-state index in [0.29, 0.717) is 12.8 Å². The van der Waals surface area contributed by atoms with E-state index in [4.69, 9.17) is 6.42 Å². The molecule has 3 unspecified atom stereocenters. The second-order valence-corrected chi connectivity index (χ2v) is 13.1. The number of aromatic nitrogens is 2. The number of rotatable bonds is 14. The van der Waals surface area contributed by atoms with Gasteiger partial charge >= 0.3 is 0 Å². The van der Waals surface area contributed by atoms with Crippen molar-refractivity contribution in [2.24, 2.45) is 11.8 Å². The van der Waals surface area contributed by atoms with Gasteiger partial charge in [-0.15, -0.1) is 18.9 Å². The van der Waals surface area contributed by atoms with Gasteiger partial charge in [0, 0.05) is 37.9 Å². The molecule has 2 aliphatic rings. The van der Waals surface area contributed by atoms with Crippen LogP contribution < -0.4 is 21.3 Å². The minimum atomic E-state index is -0.863. The summed E-state index contributed by atoms with van der Waals surface area (Å²) in [4.78, 5) is 80.6. The summed E-state index contributed by atoms with van der Waals surface area (Å²) < 4.78 is 0. The van der Waals surface area contributed by atoms with Crippen molar-refractivity contribution in [3.63, 3.8) is 0 Å². The van der Waals surface area contributed by atoms with Gasteiger partial charge in [0.15, 0.2) is 0 Å². The number of amides is 5. The predicted molar refractivity (Wildman–Crippen MR) is 222 cm³/mol. The zero-order chi connectivity index (χ0) is 42.6. The van der Waals surface area contributed by atoms with Crippen LogP contribution in [0.4, 0.5) is 0 Å². The van der Waals surface area contributed by atoms with Gasteiger partial charge in [0.05, 0.1) is 18.8 Å². The summed E-state index contributed by atoms with van der Waals surface area (Å²) in [6.45, 7) is 25.1. The lowest BCUT2D eigenvalue weighted by Crippen LogP contribution is -2.53. The SMILES string of the molecule is C#CCCC(NC=O)C(=O)C(=O)NCC=C.CC.CC.CC(C)C.CC1CCCN1C(=O)CNC(=O)C(NC(=O)c1cnccn1)C1CCCCC1.CCC. The summed E-state index contributed by atoms with van der Waals surface area (Å²) >= 11 is 0. The van der Waals surface area contributed by atoms with Crippen LogP contribution in [0.1, 0.15) is 144 Å². The lowest BCUT2D eigenvalue weighted by molar-refractivity contribution is -0.139. The van der Waals surface area contributed by atoms with E-state index in [9.17, 15) is 28.8 Å². The summed E-state index contributed by atoms with van der Waals surface area (Å²) in [6, 6.07) is -1.31. The first kappa shape index (κ1) is 54.7. The zero-order valence-corrected chi connectivity index (χ0v) is 35.5. The van der Waals surface area contributed by atoms with Gasteiger partial charge in [-0.25, -0.2) is 4.98 Å². The fourth-order valence-electron chi connectivity index (χ4n) is 5.18. The lowest BCUT2D eigenvalue weighted by atomic mass is 9.83. The number of hydrogen-bond acceptors (Lipinski definition) is 8. The molecule has 1 saturated carbocycles. The quantitative estimate of drug-likeness (QED) is 0.0793. The van der Waals surface area contributed by atoms with Crippen LogP contribution in [0.5, 0.6) is 0 Å². The van der Waals surface area contributed by atoms with E-state index in [2.05, 4.69) is 78.4 Å². The summed E-state index contributed by atoms with van der Waals surface area (Å²) in [5.74, 6) is 0.990. The Hall–Kier alpha value is -4.60. The standard InChI is InChI=1S/C20H29N5O3.C11H14N2O3.C4H10.C3H8.2C2H6/c1-14-6-5-11-25(14)17(26)13-23-20(28)18(15-7-3-2-4-8-15)24-19(27)16-12-21-9-10-22-16;1-3-5-6-9(13-8-14)10(15)11(16)12-7-4-2;1-4(2)3;1-3-2;2*1-2/h9-10,12,14-15,18H,2-8,11,13H2,1H3,(H,23,28)(H,24,27);1,4,8-9H,2,5-7H2,(H,12,16)(H,13,14);4H,1-3H3;3H2,1-2H3;2*1-2H3. The molecule has 3 atom stereocenters. The van der Waals surface area contributed by atoms with Gasteiger partial charge in [-0.2, -0.15) is 0 Å². The number of nitrogens with one attached hydrogen (secondary N) is 4. The first-order chi connectivity index (χ1) is 26.4. The summed E-state index contributed by atoms with van der Waals surface area (Å²) in [5.41, 5.74) is 0.179. The van der Waals surface area contributed by atoms with Gasteiger partial charge < -0.3 is 26.2 Å². The van der Waals surface area contributed by atoms with Gasteiger partial charge in [-0.3, -0.25) is 33.8 Å². The van der Waals surface area contributed by atoms with Crippen molar-refractivity contribution in [1.29, 1.82) is 0 Å². The van der Waals surface area contributed by atoms with Crippen LogP contribution in [0.2, 0.25) is 0 Å². The molecule has 312 valence electrons. The minimum Gasteiger partial charge on any atom is -0.348 e. The molecule has 13 nitrogen and oxygen atoms in total. The Labute approximate surface area is 332 Å². The third kappa shape index (κ3) is 25.9. The van der Waals surface area contributed by atoms with Crippen LogP contribution in [-0.2, 0) is 24.0 Å². The summed E-state index contributed by atoms with van der Waals surface area (Å²) in [6.07, 6.45) is 20.0. The van der Waals surface area contributed by atoms with Crippen LogP contribution >= 0.6 is 0 Å². The van der Waals surface area contributed by atoms with Gasteiger partial charge in [-0.1, -0.05) is 94.1 Å². The second kappa shape index (κ2) is 36.4. The number of hydrogen-bond donors (Lipinski definition) is 4. The second-order valence-electron chi connectivity index (χ2n) is 13.1. The Balaban J connectivity index is -0.000000848. The molecular formula is C42H73N7O6. The molecule has 3 rings (SSSR count). The largest absolute Gasteiger partial charge is 0.348 e. The number of nitrogens with zero attached hydrogens (tertiary/aromatic N) is 3. The molecule has 2 fully saturated rings. The van der Waals surface area contributed by atoms with Crippen molar-refractivity contribution in [2.75, 3.05) is 19.6 Å². The number of ketones is 1. The molecule has 1 aromatic heterocycles. The molecule has 55 heavy (non-hydrogen) atoms. The van der Waals surface area contributed by atoms with Crippen LogP contribution in [-0.4, -0.2) is 88.4 Å². The molecule has 1 aliphatic heterocycles. The molecule has 5 amide bonds. The molecule has 1 saturated heterocycles. The van der Waals surface area contributed by atoms with Gasteiger partial charge in [0.25, 0.3) is 11.8 Å². The average molecular weight is 772 g/mol. The van der Waals surface area contributed by atoms with Crippen molar-refractivity contribution in [3.8, 4) is 12.3 Å². The van der Waals surface area contributed by atoms with E-state index in [1.54, 1.807) is 0 Å². The van der Waals surface area contributed by atoms with Crippen LogP contribution in [0.25, 0.3) is 0 Å². The third-order valence-electron chi connectivity index (χ3n) is 7.57. The molecule has 1 aromatic rings. The fourth-order valence-corrected chi connectivity index (χ4v) is 5.18. The highest BCUT2D eigenvalue weighted by atomic mass is 16.2. The summed E-state index contributed by atoms with van der Waals surface area (Å²) in [7, 11) is 0. The van der Waals surface area contributed by atoms with E-state index in [0.717, 1.165) is 57.4 Å². The summed E-state index contributed by atoms with van der Waals surface area (Å²) in [5, 5.41) is 10.2. The Kier molecular flexibility index (Phi) is 36.2. The van der Waals surface area contributed by atoms with Crippen molar-refractivity contribution >= 4 is 35.8 Å². The number of carbonyl (C=O) groups is 6. The monoisotopic (exact) mass is 772 g/mol. The molecule has 2 heterocycles. The van der Waals surface area contributed by atoms with Gasteiger partial charge in [0.2, 0.25) is 24.0 Å². The number of terminal acetylenes is 1. The van der Waals surface area contributed by atoms with Crippen molar-refractivity contribution in [3.05, 3.63) is 36.9 Å². The molecule has 0 bridgehead atoms. The number of carbonyl (C=O) groups excluding carboxylic acids is 6. The number of Topliss-reactive ketones (excluding diaryl/α,β-unsaturated/α-hetero) is 1. The van der Waals surface area contributed by atoms with Crippen LogP contribution in [0.15, 0.2) is 31.2 Å². The zero-order valence-electron chi connectivity index (χ0n) is 35.5. The highest BCUT2D eigenvalue weighted by Crippen LogP contribution is 2.27. The molecule has 1 aliphatic carbocycles. The highest BCUT2D eigenvalue weighted by Gasteiger charge is 2.33. The first-order valence-corrected chi connectivity index (χ1v) is 20.1. The van der Waals surface area contributed by atoms with E-state index in [-0.39, 0.29) is 49.0 Å². The Bertz CT molecular complexity index is 1240. The van der Waals surface area contributed by atoms with Crippen LogP contribution in [0, 0.1) is 24.2 Å². The Morgan fingerprint density at radius 2 is 1.58 bits per heavy atom. The Morgan fingerprint density at radius 1 is 0.982 bits per heavy atom. The predicted octanol–water partition coefficient (Wildman–Crippen LogP) is 5.80. The average Bonchev–Trinajstić information content (AvgIpc) is 3.64. The number of likely N-dealkylation sites (tertiary alicyclic amines) is 1. The maximum Gasteiger partial charge on any atom is 0.289 e. The fraction of sp³-hybridized carbons (Fsp3) is 0.667. The van der Waals surface area contributed by atoms with E-state index in [1.807, 2.05) is 39.5 Å². The van der Waals surface area contributed by atoms with E-state index < -0.39 is 29.7 Å². The van der Waals surface area contributed by atoms with E-state index >= 15 is 0 Å². The molecule has 0 aromatic carbocycles. The Morgan fingerprint density at radius 3 is 2.05 bits per heavy atom. The molecule has 0 radical (unpaired) electrons. The van der Waals surface area contributed by atoms with Gasteiger partial charge in [-0.05, 0) is 50.9 Å². The van der Waals surface area contributed by atoms with Crippen molar-refractivity contribution in [1.82, 2.24) is 36.1 Å². The molecular weight excluding hydrogens is 699 g/mol. The van der Waals surface area contributed by atoms with Crippen molar-refractivity contribution < 1.29 is 28.8 Å². The maximum atomic E-state index is 12.9. The van der Waals surface area contributed by atoms with Crippen LogP contribution in [0.3, 0.4) is 0 Å². The maximum absolute atomic E-state index is 12.9. The molecule has 13 heteroatoms. The van der Waals surface area contributed by atoms with Gasteiger partial charge in [0.1, 0.15) is 11.7 Å². The first-order valence-electron chi connectivity index (χ1n) is 20.1. The molecule has 4 N–H and O–H groups in total. The lowest BCUT2D eigenvalue weighted by Gasteiger charge is -2.30. The third-order valence-corrected chi connectivity index (χ3v) is 7.57. The molecule has 0 spiro atoms. The topological polar surface area (TPSA) is 180 Å². The minimum absolute atomic E-state index is 0.0343. The normalized spacial score (nSPS) is 15.1. The highest BCUT2D eigenvalue weighted by molar-refractivity contribution is 6.38.